The molecule has 2 aromatic rings. The Morgan fingerprint density at radius 2 is 2.10 bits per heavy atom. The summed E-state index contributed by atoms with van der Waals surface area (Å²) in [7, 11) is 0. The van der Waals surface area contributed by atoms with E-state index in [1.54, 1.807) is 0 Å². The number of nitrogens with one attached hydrogen (secondary N) is 1. The largest absolute Gasteiger partial charge is 0.300 e. The molecule has 112 valence electrons. The molecule has 0 spiro atoms. The monoisotopic (exact) mass is 359 g/mol. The van der Waals surface area contributed by atoms with Crippen molar-refractivity contribution in [3.63, 3.8) is 0 Å². The van der Waals surface area contributed by atoms with Crippen LogP contribution in [0.2, 0.25) is 5.02 Å². The first-order valence-corrected chi connectivity index (χ1v) is 9.53. The van der Waals surface area contributed by atoms with Gasteiger partial charge in [0.05, 0.1) is 5.25 Å². The molecule has 1 heterocycles. The smallest absolute Gasteiger partial charge is 0.239 e. The van der Waals surface area contributed by atoms with E-state index in [2.05, 4.69) is 15.5 Å². The average molecular weight is 360 g/mol. The predicted octanol–water partition coefficient (Wildman–Crippen LogP) is 4.42. The number of amides is 1. The van der Waals surface area contributed by atoms with Gasteiger partial charge in [-0.25, -0.2) is 0 Å². The standard InChI is InChI=1S/C13H14ClN3OS3/c1-3-10(20-9-6-4-8(14)5-7-9)11(18)15-12-16-17-13(19-2)21-12/h4-7,10H,3H2,1-2H3,(H,15,16,18)/t10-/m0/s1. The minimum atomic E-state index is -0.173. The lowest BCUT2D eigenvalue weighted by molar-refractivity contribution is -0.115. The Morgan fingerprint density at radius 1 is 1.38 bits per heavy atom. The van der Waals surface area contributed by atoms with Gasteiger partial charge in [-0.05, 0) is 36.9 Å². The summed E-state index contributed by atoms with van der Waals surface area (Å²) in [5.41, 5.74) is 0. The third-order valence-corrected chi connectivity index (χ3v) is 6.01. The number of benzene rings is 1. The molecule has 0 bridgehead atoms. The number of carbonyl (C=O) groups is 1. The minimum Gasteiger partial charge on any atom is -0.300 e. The summed E-state index contributed by atoms with van der Waals surface area (Å²) in [5, 5.41) is 11.8. The number of carbonyl (C=O) groups excluding carboxylic acids is 1. The van der Waals surface area contributed by atoms with Crippen LogP contribution in [0, 0.1) is 0 Å². The number of hydrogen-bond acceptors (Lipinski definition) is 6. The van der Waals surface area contributed by atoms with Crippen molar-refractivity contribution < 1.29 is 4.79 Å². The van der Waals surface area contributed by atoms with Crippen LogP contribution in [0.15, 0.2) is 33.5 Å². The summed E-state index contributed by atoms with van der Waals surface area (Å²) in [6.07, 6.45) is 2.66. The first-order valence-electron chi connectivity index (χ1n) is 6.23. The molecule has 1 aromatic heterocycles. The first-order chi connectivity index (χ1) is 10.1. The number of nitrogens with zero attached hydrogens (tertiary/aromatic N) is 2. The Kier molecular flexibility index (Phi) is 6.35. The zero-order valence-electron chi connectivity index (χ0n) is 11.5. The van der Waals surface area contributed by atoms with E-state index in [0.29, 0.717) is 10.2 Å². The quantitative estimate of drug-likeness (QED) is 0.611. The van der Waals surface area contributed by atoms with Gasteiger partial charge in [-0.3, -0.25) is 10.1 Å². The van der Waals surface area contributed by atoms with Crippen LogP contribution in [-0.2, 0) is 4.79 Å². The predicted molar refractivity (Wildman–Crippen MR) is 91.7 cm³/mol. The summed E-state index contributed by atoms with van der Waals surface area (Å²) in [5.74, 6) is -0.0544. The maximum absolute atomic E-state index is 12.3. The molecular weight excluding hydrogens is 346 g/mol. The summed E-state index contributed by atoms with van der Waals surface area (Å²) >= 11 is 10.3. The average Bonchev–Trinajstić information content (AvgIpc) is 2.94. The van der Waals surface area contributed by atoms with Crippen molar-refractivity contribution in [1.29, 1.82) is 0 Å². The first kappa shape index (κ1) is 16.6. The molecule has 0 aliphatic carbocycles. The van der Waals surface area contributed by atoms with Gasteiger partial charge in [-0.2, -0.15) is 0 Å². The molecule has 0 saturated heterocycles. The number of halogens is 1. The second kappa shape index (κ2) is 8.03. The third-order valence-electron chi connectivity index (χ3n) is 2.57. The van der Waals surface area contributed by atoms with Crippen molar-refractivity contribution in [2.24, 2.45) is 0 Å². The van der Waals surface area contributed by atoms with Crippen molar-refractivity contribution >= 4 is 57.5 Å². The molecule has 8 heteroatoms. The SMILES string of the molecule is CC[C@H](Sc1ccc(Cl)cc1)C(=O)Nc1nnc(SC)s1. The zero-order valence-corrected chi connectivity index (χ0v) is 14.7. The van der Waals surface area contributed by atoms with Gasteiger partial charge in [0.25, 0.3) is 0 Å². The molecule has 0 aliphatic rings. The van der Waals surface area contributed by atoms with E-state index in [-0.39, 0.29) is 11.2 Å². The highest BCUT2D eigenvalue weighted by molar-refractivity contribution is 8.00. The Balaban J connectivity index is 1.99. The lowest BCUT2D eigenvalue weighted by Gasteiger charge is -2.13. The van der Waals surface area contributed by atoms with Crippen molar-refractivity contribution in [3.05, 3.63) is 29.3 Å². The van der Waals surface area contributed by atoms with Gasteiger partial charge in [0.15, 0.2) is 4.34 Å². The second-order valence-electron chi connectivity index (χ2n) is 4.04. The summed E-state index contributed by atoms with van der Waals surface area (Å²) < 4.78 is 0.837. The van der Waals surface area contributed by atoms with Crippen LogP contribution in [0.5, 0.6) is 0 Å². The molecule has 21 heavy (non-hydrogen) atoms. The number of thioether (sulfide) groups is 2. The molecule has 1 N–H and O–H groups in total. The maximum Gasteiger partial charge on any atom is 0.239 e. The van der Waals surface area contributed by atoms with Gasteiger partial charge < -0.3 is 0 Å². The number of anilines is 1. The fraction of sp³-hybridized carbons (Fsp3) is 0.308. The molecular formula is C13H14ClN3OS3. The van der Waals surface area contributed by atoms with E-state index < -0.39 is 0 Å². The molecule has 2 rings (SSSR count). The normalized spacial score (nSPS) is 12.1. The molecule has 0 aliphatic heterocycles. The van der Waals surface area contributed by atoms with Crippen LogP contribution < -0.4 is 5.32 Å². The van der Waals surface area contributed by atoms with Gasteiger partial charge in [0.2, 0.25) is 11.0 Å². The van der Waals surface area contributed by atoms with E-state index in [1.807, 2.05) is 37.4 Å². The van der Waals surface area contributed by atoms with Crippen LogP contribution in [0.25, 0.3) is 0 Å². The Morgan fingerprint density at radius 3 is 2.67 bits per heavy atom. The highest BCUT2D eigenvalue weighted by atomic mass is 35.5. The van der Waals surface area contributed by atoms with Crippen molar-refractivity contribution in [2.45, 2.75) is 27.8 Å². The Hall–Kier alpha value is -0.760. The second-order valence-corrected chi connectivity index (χ2v) is 7.78. The highest BCUT2D eigenvalue weighted by Gasteiger charge is 2.19. The molecule has 0 unspecified atom stereocenters. The lowest BCUT2D eigenvalue weighted by atomic mass is 10.3. The minimum absolute atomic E-state index is 0.0544. The van der Waals surface area contributed by atoms with Crippen molar-refractivity contribution in [3.8, 4) is 0 Å². The van der Waals surface area contributed by atoms with Gasteiger partial charge >= 0.3 is 0 Å². The van der Waals surface area contributed by atoms with Gasteiger partial charge in [-0.15, -0.1) is 22.0 Å². The molecule has 0 radical (unpaired) electrons. The van der Waals surface area contributed by atoms with Gasteiger partial charge in [0.1, 0.15) is 0 Å². The molecule has 0 saturated carbocycles. The van der Waals surface area contributed by atoms with Crippen LogP contribution in [-0.4, -0.2) is 27.6 Å². The zero-order chi connectivity index (χ0) is 15.2. The third kappa shape index (κ3) is 4.88. The molecule has 1 atom stereocenters. The molecule has 1 amide bonds. The topological polar surface area (TPSA) is 54.9 Å². The van der Waals surface area contributed by atoms with Crippen LogP contribution in [0.3, 0.4) is 0 Å². The van der Waals surface area contributed by atoms with E-state index in [1.165, 1.54) is 34.9 Å². The Labute approximate surface area is 141 Å². The van der Waals surface area contributed by atoms with Crippen LogP contribution in [0.4, 0.5) is 5.13 Å². The summed E-state index contributed by atoms with van der Waals surface area (Å²) in [6.45, 7) is 1.99. The van der Waals surface area contributed by atoms with E-state index in [9.17, 15) is 4.79 Å². The summed E-state index contributed by atoms with van der Waals surface area (Å²) in [6, 6.07) is 7.48. The number of rotatable bonds is 6. The fourth-order valence-corrected chi connectivity index (χ4v) is 3.78. The van der Waals surface area contributed by atoms with Crippen molar-refractivity contribution in [2.75, 3.05) is 11.6 Å². The van der Waals surface area contributed by atoms with Gasteiger partial charge in [-0.1, -0.05) is 41.6 Å². The Bertz CT molecular complexity index is 603. The van der Waals surface area contributed by atoms with E-state index >= 15 is 0 Å². The maximum atomic E-state index is 12.3. The number of aromatic nitrogens is 2. The summed E-state index contributed by atoms with van der Waals surface area (Å²) in [4.78, 5) is 13.3. The molecule has 0 fully saturated rings. The van der Waals surface area contributed by atoms with Crippen molar-refractivity contribution in [1.82, 2.24) is 10.2 Å². The lowest BCUT2D eigenvalue weighted by Crippen LogP contribution is -2.24. The fourth-order valence-electron chi connectivity index (χ4n) is 1.53. The van der Waals surface area contributed by atoms with E-state index in [0.717, 1.165) is 15.7 Å². The van der Waals surface area contributed by atoms with E-state index in [4.69, 9.17) is 11.6 Å². The van der Waals surface area contributed by atoms with Gasteiger partial charge in [0, 0.05) is 9.92 Å². The van der Waals surface area contributed by atoms with Crippen LogP contribution in [0.1, 0.15) is 13.3 Å². The molecule has 1 aromatic carbocycles. The number of hydrogen-bond donors (Lipinski definition) is 1. The van der Waals surface area contributed by atoms with Crippen LogP contribution >= 0.6 is 46.5 Å². The molecule has 4 nitrogen and oxygen atoms in total. The highest BCUT2D eigenvalue weighted by Crippen LogP contribution is 2.29.